The van der Waals surface area contributed by atoms with Crippen LogP contribution in [-0.4, -0.2) is 15.4 Å². The van der Waals surface area contributed by atoms with Gasteiger partial charge in [-0.15, -0.1) is 23.2 Å². The largest absolute Gasteiger partial charge is 0.363 e. The zero-order chi connectivity index (χ0) is 9.47. The van der Waals surface area contributed by atoms with Crippen LogP contribution in [0.1, 0.15) is 6.42 Å². The van der Waals surface area contributed by atoms with Gasteiger partial charge in [0.25, 0.3) is 0 Å². The van der Waals surface area contributed by atoms with Crippen molar-refractivity contribution in [3.63, 3.8) is 0 Å². The third-order valence-corrected chi connectivity index (χ3v) is 2.67. The highest BCUT2D eigenvalue weighted by atomic mass is 35.5. The molecule has 1 aliphatic carbocycles. The van der Waals surface area contributed by atoms with Crippen LogP contribution in [-0.2, 0) is 4.79 Å². The summed E-state index contributed by atoms with van der Waals surface area (Å²) in [7, 11) is 0. The number of nitrogens with zero attached hydrogens (tertiary/aromatic N) is 1. The van der Waals surface area contributed by atoms with Crippen LogP contribution in [0.4, 0.5) is 5.82 Å². The maximum atomic E-state index is 11.3. The van der Waals surface area contributed by atoms with Crippen molar-refractivity contribution in [1.82, 2.24) is 5.16 Å². The molecule has 1 N–H and O–H groups in total. The van der Waals surface area contributed by atoms with Crippen molar-refractivity contribution < 1.29 is 9.32 Å². The van der Waals surface area contributed by atoms with Gasteiger partial charge in [-0.05, 0) is 6.42 Å². The molecule has 13 heavy (non-hydrogen) atoms. The number of halogens is 2. The predicted molar refractivity (Wildman–Crippen MR) is 47.7 cm³/mol. The number of nitrogens with one attached hydrogen (secondary N) is 1. The monoisotopic (exact) mass is 220 g/mol. The van der Waals surface area contributed by atoms with Gasteiger partial charge in [-0.1, -0.05) is 5.16 Å². The van der Waals surface area contributed by atoms with Crippen LogP contribution in [0.15, 0.2) is 16.9 Å². The molecule has 0 spiro atoms. The van der Waals surface area contributed by atoms with Crippen molar-refractivity contribution in [2.24, 2.45) is 5.92 Å². The molecule has 1 atom stereocenters. The van der Waals surface area contributed by atoms with Gasteiger partial charge in [0, 0.05) is 6.07 Å². The molecule has 6 heteroatoms. The van der Waals surface area contributed by atoms with Gasteiger partial charge in [-0.3, -0.25) is 4.79 Å². The van der Waals surface area contributed by atoms with E-state index in [0.29, 0.717) is 12.2 Å². The molecular formula is C7H6Cl2N2O2. The Morgan fingerprint density at radius 1 is 1.77 bits per heavy atom. The van der Waals surface area contributed by atoms with Crippen molar-refractivity contribution in [2.75, 3.05) is 5.32 Å². The Kier molecular flexibility index (Phi) is 1.96. The second-order valence-corrected chi connectivity index (χ2v) is 4.43. The highest BCUT2D eigenvalue weighted by Gasteiger charge is 2.56. The Morgan fingerprint density at radius 2 is 2.46 bits per heavy atom. The van der Waals surface area contributed by atoms with E-state index >= 15 is 0 Å². The van der Waals surface area contributed by atoms with Gasteiger partial charge < -0.3 is 9.84 Å². The number of hydrogen-bond acceptors (Lipinski definition) is 3. The standard InChI is InChI=1S/C7H6Cl2N2O2/c8-7(9)3-4(7)6(12)10-5-1-2-13-11-5/h1-2,4H,3H2,(H,10,11,12). The van der Waals surface area contributed by atoms with Crippen molar-refractivity contribution in [1.29, 1.82) is 0 Å². The zero-order valence-electron chi connectivity index (χ0n) is 6.46. The fourth-order valence-corrected chi connectivity index (χ4v) is 1.49. The summed E-state index contributed by atoms with van der Waals surface area (Å²) in [5, 5.41) is 6.05. The van der Waals surface area contributed by atoms with E-state index in [-0.39, 0.29) is 11.8 Å². The number of carbonyl (C=O) groups excluding carboxylic acids is 1. The molecule has 1 fully saturated rings. The smallest absolute Gasteiger partial charge is 0.231 e. The molecule has 1 heterocycles. The van der Waals surface area contributed by atoms with Crippen LogP contribution >= 0.6 is 23.2 Å². The Bertz CT molecular complexity index is 323. The molecule has 70 valence electrons. The van der Waals surface area contributed by atoms with E-state index in [1.165, 1.54) is 6.26 Å². The highest BCUT2D eigenvalue weighted by molar-refractivity contribution is 6.52. The number of rotatable bonds is 2. The molecule has 1 unspecified atom stereocenters. The quantitative estimate of drug-likeness (QED) is 0.774. The Morgan fingerprint density at radius 3 is 2.92 bits per heavy atom. The van der Waals surface area contributed by atoms with Crippen LogP contribution in [0.3, 0.4) is 0 Å². The summed E-state index contributed by atoms with van der Waals surface area (Å²) in [6.07, 6.45) is 1.86. The third-order valence-electron chi connectivity index (χ3n) is 1.83. The molecule has 0 bridgehead atoms. The van der Waals surface area contributed by atoms with Gasteiger partial charge in [-0.25, -0.2) is 0 Å². The normalized spacial score (nSPS) is 24.0. The van der Waals surface area contributed by atoms with Crippen LogP contribution < -0.4 is 5.32 Å². The first-order chi connectivity index (χ1) is 6.09. The lowest BCUT2D eigenvalue weighted by molar-refractivity contribution is -0.117. The molecule has 1 amide bonds. The maximum Gasteiger partial charge on any atom is 0.231 e. The lowest BCUT2D eigenvalue weighted by Gasteiger charge is -1.99. The van der Waals surface area contributed by atoms with Crippen LogP contribution in [0.5, 0.6) is 0 Å². The summed E-state index contributed by atoms with van der Waals surface area (Å²) >= 11 is 11.4. The molecule has 1 aromatic heterocycles. The molecule has 1 aliphatic rings. The van der Waals surface area contributed by atoms with E-state index in [0.717, 1.165) is 0 Å². The number of aromatic nitrogens is 1. The van der Waals surface area contributed by atoms with E-state index in [1.54, 1.807) is 6.07 Å². The van der Waals surface area contributed by atoms with Crippen LogP contribution in [0.25, 0.3) is 0 Å². The molecule has 1 saturated carbocycles. The zero-order valence-corrected chi connectivity index (χ0v) is 7.97. The lowest BCUT2D eigenvalue weighted by atomic mass is 10.4. The van der Waals surface area contributed by atoms with E-state index in [9.17, 15) is 4.79 Å². The molecule has 0 aliphatic heterocycles. The highest BCUT2D eigenvalue weighted by Crippen LogP contribution is 2.53. The number of amides is 1. The molecule has 0 radical (unpaired) electrons. The molecule has 4 nitrogen and oxygen atoms in total. The fourth-order valence-electron chi connectivity index (χ4n) is 0.988. The molecule has 0 aromatic carbocycles. The Labute approximate surface area is 84.2 Å². The summed E-state index contributed by atoms with van der Waals surface area (Å²) in [6.45, 7) is 0. The van der Waals surface area contributed by atoms with Gasteiger partial charge in [0.15, 0.2) is 5.82 Å². The molecule has 0 saturated heterocycles. The van der Waals surface area contributed by atoms with Crippen molar-refractivity contribution in [3.05, 3.63) is 12.3 Å². The number of carbonyl (C=O) groups is 1. The van der Waals surface area contributed by atoms with Gasteiger partial charge in [0.2, 0.25) is 5.91 Å². The first kappa shape index (κ1) is 8.84. The summed E-state index contributed by atoms with van der Waals surface area (Å²) in [5.74, 6) is -0.188. The maximum absolute atomic E-state index is 11.3. The van der Waals surface area contributed by atoms with Gasteiger partial charge in [0.05, 0.1) is 5.92 Å². The minimum atomic E-state index is -0.895. The summed E-state index contributed by atoms with van der Waals surface area (Å²) in [5.41, 5.74) is 0. The second-order valence-electron chi connectivity index (χ2n) is 2.89. The molecule has 2 rings (SSSR count). The number of anilines is 1. The third kappa shape index (κ3) is 1.78. The van der Waals surface area contributed by atoms with Crippen LogP contribution in [0, 0.1) is 5.92 Å². The van der Waals surface area contributed by atoms with E-state index in [4.69, 9.17) is 23.2 Å². The van der Waals surface area contributed by atoms with E-state index in [1.807, 2.05) is 0 Å². The van der Waals surface area contributed by atoms with Gasteiger partial charge in [-0.2, -0.15) is 0 Å². The minimum Gasteiger partial charge on any atom is -0.363 e. The lowest BCUT2D eigenvalue weighted by Crippen LogP contribution is -2.16. The fraction of sp³-hybridized carbons (Fsp3) is 0.429. The van der Waals surface area contributed by atoms with Crippen LogP contribution in [0.2, 0.25) is 0 Å². The minimum absolute atomic E-state index is 0.223. The molecular weight excluding hydrogens is 215 g/mol. The van der Waals surface area contributed by atoms with E-state index in [2.05, 4.69) is 15.0 Å². The first-order valence-corrected chi connectivity index (χ1v) is 4.44. The Balaban J connectivity index is 1.94. The van der Waals surface area contributed by atoms with Crippen molar-refractivity contribution >= 4 is 34.9 Å². The van der Waals surface area contributed by atoms with Crippen molar-refractivity contribution in [3.8, 4) is 0 Å². The second kappa shape index (κ2) is 2.89. The average molecular weight is 221 g/mol. The van der Waals surface area contributed by atoms with Gasteiger partial charge in [0.1, 0.15) is 10.6 Å². The number of alkyl halides is 2. The summed E-state index contributed by atoms with van der Waals surface area (Å²) in [6, 6.07) is 1.55. The summed E-state index contributed by atoms with van der Waals surface area (Å²) in [4.78, 5) is 11.3. The summed E-state index contributed by atoms with van der Waals surface area (Å²) < 4.78 is 3.64. The van der Waals surface area contributed by atoms with Crippen molar-refractivity contribution in [2.45, 2.75) is 10.8 Å². The Hall–Kier alpha value is -0.740. The van der Waals surface area contributed by atoms with E-state index < -0.39 is 4.33 Å². The first-order valence-electron chi connectivity index (χ1n) is 3.69. The van der Waals surface area contributed by atoms with Gasteiger partial charge >= 0.3 is 0 Å². The average Bonchev–Trinajstić information content (AvgIpc) is 2.49. The SMILES string of the molecule is O=C(Nc1ccon1)C1CC1(Cl)Cl. The topological polar surface area (TPSA) is 55.1 Å². The predicted octanol–water partition coefficient (Wildman–Crippen LogP) is 1.81. The molecule has 1 aromatic rings. The number of hydrogen-bond donors (Lipinski definition) is 1.